The fraction of sp³-hybridized carbons (Fsp3) is 0.118. The van der Waals surface area contributed by atoms with Crippen molar-refractivity contribution in [1.82, 2.24) is 0 Å². The Balaban J connectivity index is 1.06. The van der Waals surface area contributed by atoms with E-state index in [0.29, 0.717) is 0 Å². The predicted octanol–water partition coefficient (Wildman–Crippen LogP) is 19.5. The molecule has 0 saturated carbocycles. The molecule has 0 saturated heterocycles. The molecular weight excluding hydrogens is 831 g/mol. The van der Waals surface area contributed by atoms with Gasteiger partial charge in [-0.2, -0.15) is 0 Å². The Morgan fingerprint density at radius 1 is 0.275 bits per heavy atom. The van der Waals surface area contributed by atoms with Gasteiger partial charge in [-0.3, -0.25) is 0 Å². The van der Waals surface area contributed by atoms with Gasteiger partial charge in [0.1, 0.15) is 0 Å². The normalized spacial score (nSPS) is 11.9. The van der Waals surface area contributed by atoms with Crippen LogP contribution in [0.3, 0.4) is 0 Å². The number of hydrogen-bond acceptors (Lipinski definition) is 1. The minimum Gasteiger partial charge on any atom is -0.310 e. The van der Waals surface area contributed by atoms with Gasteiger partial charge in [-0.1, -0.05) is 248 Å². The molecule has 0 spiro atoms. The highest BCUT2D eigenvalue weighted by Crippen LogP contribution is 2.46. The molecule has 1 heteroatoms. The molecule has 11 aromatic carbocycles. The Labute approximate surface area is 408 Å². The molecule has 334 valence electrons. The summed E-state index contributed by atoms with van der Waals surface area (Å²) in [6.07, 6.45) is 0. The highest BCUT2D eigenvalue weighted by molar-refractivity contribution is 6.12. The molecule has 0 bridgehead atoms. The molecule has 0 heterocycles. The van der Waals surface area contributed by atoms with Gasteiger partial charge in [0.05, 0.1) is 5.69 Å². The maximum absolute atomic E-state index is 2.44. The zero-order valence-electron chi connectivity index (χ0n) is 40.5. The summed E-state index contributed by atoms with van der Waals surface area (Å²) < 4.78 is 0. The Kier molecular flexibility index (Phi) is 11.1. The summed E-state index contributed by atoms with van der Waals surface area (Å²) in [6, 6.07) is 87.5. The lowest BCUT2D eigenvalue weighted by atomic mass is 9.78. The van der Waals surface area contributed by atoms with Crippen LogP contribution in [-0.2, 0) is 10.8 Å². The third-order valence-corrected chi connectivity index (χ3v) is 14.0. The van der Waals surface area contributed by atoms with Gasteiger partial charge in [0, 0.05) is 16.9 Å². The van der Waals surface area contributed by atoms with E-state index >= 15 is 0 Å². The summed E-state index contributed by atoms with van der Waals surface area (Å²) >= 11 is 0. The van der Waals surface area contributed by atoms with E-state index in [2.05, 4.69) is 283 Å². The van der Waals surface area contributed by atoms with E-state index in [9.17, 15) is 0 Å². The quantitative estimate of drug-likeness (QED) is 0.137. The first kappa shape index (κ1) is 43.6. The number of para-hydroxylation sites is 1. The van der Waals surface area contributed by atoms with Gasteiger partial charge in [-0.15, -0.1) is 0 Å². The van der Waals surface area contributed by atoms with Crippen LogP contribution in [0.25, 0.3) is 88.0 Å². The van der Waals surface area contributed by atoms with Crippen LogP contribution >= 0.6 is 0 Å². The maximum Gasteiger partial charge on any atom is 0.0540 e. The predicted molar refractivity (Wildman–Crippen MR) is 298 cm³/mol. The monoisotopic (exact) mass is 887 g/mol. The number of nitrogens with zero attached hydrogens (tertiary/aromatic N) is 1. The van der Waals surface area contributed by atoms with E-state index in [1.165, 1.54) is 99.1 Å². The van der Waals surface area contributed by atoms with Crippen LogP contribution in [0.2, 0.25) is 0 Å². The van der Waals surface area contributed by atoms with Gasteiger partial charge in [0.25, 0.3) is 0 Å². The van der Waals surface area contributed by atoms with Crippen LogP contribution in [0.1, 0.15) is 52.7 Å². The maximum atomic E-state index is 2.44. The van der Waals surface area contributed by atoms with Crippen molar-refractivity contribution in [2.45, 2.75) is 52.4 Å². The lowest BCUT2D eigenvalue weighted by Gasteiger charge is -2.29. The topological polar surface area (TPSA) is 3.24 Å². The van der Waals surface area contributed by atoms with Gasteiger partial charge in [-0.05, 0) is 135 Å². The van der Waals surface area contributed by atoms with Crippen molar-refractivity contribution in [3.8, 4) is 55.6 Å². The third-order valence-electron chi connectivity index (χ3n) is 14.0. The largest absolute Gasteiger partial charge is 0.310 e. The molecule has 1 nitrogen and oxygen atoms in total. The zero-order chi connectivity index (χ0) is 47.3. The molecule has 0 aliphatic heterocycles. The molecule has 0 amide bonds. The SMILES string of the molecule is CC(C)(C)c1cc(-c2cccc3cccc(-c4ccccc4N(c4ccc(-c5ccc(-c6ccccc6)cc5)cc4)c4ccc(-c5cccc6c5ccc5ccccc56)cc4)c23)cc(C(C)(C)C)c1. The van der Waals surface area contributed by atoms with Crippen molar-refractivity contribution >= 4 is 49.4 Å². The minimum absolute atomic E-state index is 0.00474. The standard InChI is InChI=1S/C68H57N/c1-67(2,3)54-43-53(44-55(45-54)68(4,5)6)60-25-14-20-52-21-15-27-64(66(52)60)63-23-12-13-28-65(63)69(56-38-33-49(34-39-56)48-31-29-47(30-32-48)46-17-8-7-9-18-46)57-40-35-51(36-41-57)59-24-16-26-61-58-22-11-10-19-50(58)37-42-62(59)61/h7-45H,1-6H3. The summed E-state index contributed by atoms with van der Waals surface area (Å²) in [5, 5.41) is 7.54. The van der Waals surface area contributed by atoms with Crippen molar-refractivity contribution in [2.75, 3.05) is 4.90 Å². The molecule has 0 N–H and O–H groups in total. The summed E-state index contributed by atoms with van der Waals surface area (Å²) in [7, 11) is 0. The highest BCUT2D eigenvalue weighted by atomic mass is 15.1. The van der Waals surface area contributed by atoms with Crippen LogP contribution < -0.4 is 4.90 Å². The summed E-state index contributed by atoms with van der Waals surface area (Å²) in [4.78, 5) is 2.44. The molecule has 11 rings (SSSR count). The van der Waals surface area contributed by atoms with Gasteiger partial charge >= 0.3 is 0 Å². The molecule has 0 radical (unpaired) electrons. The van der Waals surface area contributed by atoms with Crippen LogP contribution in [0, 0.1) is 0 Å². The first-order chi connectivity index (χ1) is 33.5. The number of rotatable bonds is 8. The second-order valence-corrected chi connectivity index (χ2v) is 20.6. The molecule has 0 unspecified atom stereocenters. The average molecular weight is 888 g/mol. The van der Waals surface area contributed by atoms with Crippen LogP contribution in [0.5, 0.6) is 0 Å². The van der Waals surface area contributed by atoms with Crippen LogP contribution in [0.15, 0.2) is 237 Å². The molecule has 0 aliphatic carbocycles. The summed E-state index contributed by atoms with van der Waals surface area (Å²) in [6.45, 7) is 13.9. The van der Waals surface area contributed by atoms with E-state index in [0.717, 1.165) is 17.1 Å². The molecule has 0 fully saturated rings. The number of benzene rings is 11. The first-order valence-corrected chi connectivity index (χ1v) is 24.3. The molecule has 0 atom stereocenters. The highest BCUT2D eigenvalue weighted by Gasteiger charge is 2.24. The number of anilines is 3. The smallest absolute Gasteiger partial charge is 0.0540 e. The van der Waals surface area contributed by atoms with Crippen LogP contribution in [0.4, 0.5) is 17.1 Å². The summed E-state index contributed by atoms with van der Waals surface area (Å²) in [5.41, 5.74) is 18.1. The fourth-order valence-electron chi connectivity index (χ4n) is 10.1. The molecular formula is C68H57N. The lowest BCUT2D eigenvalue weighted by molar-refractivity contribution is 0.569. The van der Waals surface area contributed by atoms with Crippen molar-refractivity contribution in [3.63, 3.8) is 0 Å². The van der Waals surface area contributed by atoms with Crippen LogP contribution in [-0.4, -0.2) is 0 Å². The molecule has 0 aliphatic rings. The van der Waals surface area contributed by atoms with Gasteiger partial charge in [0.15, 0.2) is 0 Å². The average Bonchev–Trinajstić information content (AvgIpc) is 3.38. The number of fused-ring (bicyclic) bond motifs is 4. The molecule has 0 aromatic heterocycles. The van der Waals surface area contributed by atoms with Gasteiger partial charge in [-0.25, -0.2) is 0 Å². The van der Waals surface area contributed by atoms with Crippen molar-refractivity contribution in [2.24, 2.45) is 0 Å². The molecule has 11 aromatic rings. The van der Waals surface area contributed by atoms with E-state index < -0.39 is 0 Å². The molecule has 69 heavy (non-hydrogen) atoms. The van der Waals surface area contributed by atoms with Gasteiger partial charge in [0.2, 0.25) is 0 Å². The van der Waals surface area contributed by atoms with Crippen molar-refractivity contribution < 1.29 is 0 Å². The van der Waals surface area contributed by atoms with E-state index in [1.807, 2.05) is 0 Å². The lowest BCUT2D eigenvalue weighted by Crippen LogP contribution is -2.16. The summed E-state index contributed by atoms with van der Waals surface area (Å²) in [5.74, 6) is 0. The van der Waals surface area contributed by atoms with E-state index in [4.69, 9.17) is 0 Å². The minimum atomic E-state index is -0.00474. The fourth-order valence-corrected chi connectivity index (χ4v) is 10.1. The number of hydrogen-bond donors (Lipinski definition) is 0. The Hall–Kier alpha value is -8.00. The Bertz CT molecular complexity index is 3600. The van der Waals surface area contributed by atoms with E-state index in [-0.39, 0.29) is 10.8 Å². The van der Waals surface area contributed by atoms with Crippen molar-refractivity contribution in [3.05, 3.63) is 248 Å². The second kappa shape index (κ2) is 17.6. The zero-order valence-corrected chi connectivity index (χ0v) is 40.5. The third kappa shape index (κ3) is 8.40. The van der Waals surface area contributed by atoms with Gasteiger partial charge < -0.3 is 4.90 Å². The second-order valence-electron chi connectivity index (χ2n) is 20.6. The Morgan fingerprint density at radius 2 is 0.739 bits per heavy atom. The van der Waals surface area contributed by atoms with Crippen molar-refractivity contribution in [1.29, 1.82) is 0 Å². The Morgan fingerprint density at radius 3 is 1.38 bits per heavy atom. The first-order valence-electron chi connectivity index (χ1n) is 24.3. The van der Waals surface area contributed by atoms with E-state index in [1.54, 1.807) is 0 Å².